The van der Waals surface area contributed by atoms with Crippen molar-refractivity contribution in [2.24, 2.45) is 0 Å². The van der Waals surface area contributed by atoms with Crippen molar-refractivity contribution in [3.05, 3.63) is 23.5 Å². The molecule has 7 nitrogen and oxygen atoms in total. The number of ether oxygens (including phenoxy) is 1. The first-order valence-corrected chi connectivity index (χ1v) is 6.22. The van der Waals surface area contributed by atoms with E-state index in [2.05, 4.69) is 10.6 Å². The Balaban J connectivity index is 2.76. The molecule has 0 aliphatic carbocycles. The Morgan fingerprint density at radius 1 is 1.48 bits per heavy atom. The van der Waals surface area contributed by atoms with Gasteiger partial charge in [-0.3, -0.25) is 4.79 Å². The van der Waals surface area contributed by atoms with Gasteiger partial charge >= 0.3 is 5.97 Å². The molecule has 1 amide bonds. The van der Waals surface area contributed by atoms with Gasteiger partial charge in [0.25, 0.3) is 0 Å². The molecule has 0 aromatic heterocycles. The molecule has 1 aromatic carbocycles. The summed E-state index contributed by atoms with van der Waals surface area (Å²) in [5.74, 6) is -2.64. The van der Waals surface area contributed by atoms with Crippen molar-refractivity contribution in [2.45, 2.75) is 13.0 Å². The highest BCUT2D eigenvalue weighted by Gasteiger charge is 2.17. The average molecular weight is 299 g/mol. The Hall–Kier alpha value is -2.35. The van der Waals surface area contributed by atoms with E-state index in [1.165, 1.54) is 7.11 Å². The summed E-state index contributed by atoms with van der Waals surface area (Å²) in [4.78, 5) is 22.5. The maximum atomic E-state index is 13.6. The molecule has 1 unspecified atom stereocenters. The van der Waals surface area contributed by atoms with Crippen molar-refractivity contribution >= 4 is 23.3 Å². The summed E-state index contributed by atoms with van der Waals surface area (Å²) in [6.07, 6.45) is 0. The van der Waals surface area contributed by atoms with E-state index < -0.39 is 23.4 Å². The second-order valence-corrected chi connectivity index (χ2v) is 4.37. The lowest BCUT2D eigenvalue weighted by molar-refractivity contribution is -0.121. The third-order valence-electron chi connectivity index (χ3n) is 2.74. The number of aromatic carboxylic acids is 1. The Morgan fingerprint density at radius 3 is 2.71 bits per heavy atom. The van der Waals surface area contributed by atoms with Crippen LogP contribution in [0.5, 0.6) is 0 Å². The smallest absolute Gasteiger partial charge is 0.338 e. The highest BCUT2D eigenvalue weighted by atomic mass is 19.1. The molecule has 1 atom stereocenters. The van der Waals surface area contributed by atoms with Gasteiger partial charge in [-0.2, -0.15) is 0 Å². The summed E-state index contributed by atoms with van der Waals surface area (Å²) in [5.41, 5.74) is 5.34. The van der Waals surface area contributed by atoms with Crippen LogP contribution in [0, 0.1) is 5.82 Å². The number of carbonyl (C=O) groups is 2. The van der Waals surface area contributed by atoms with Gasteiger partial charge in [0, 0.05) is 13.7 Å². The van der Waals surface area contributed by atoms with Crippen LogP contribution in [0.2, 0.25) is 0 Å². The Bertz CT molecular complexity index is 536. The van der Waals surface area contributed by atoms with Crippen molar-refractivity contribution in [2.75, 3.05) is 31.3 Å². The highest BCUT2D eigenvalue weighted by molar-refractivity contribution is 5.91. The molecule has 0 saturated heterocycles. The summed E-state index contributed by atoms with van der Waals surface area (Å²) in [6, 6.07) is 1.30. The number of halogens is 1. The first-order valence-electron chi connectivity index (χ1n) is 6.22. The van der Waals surface area contributed by atoms with Crippen molar-refractivity contribution in [3.8, 4) is 0 Å². The number of carbonyl (C=O) groups excluding carboxylic acids is 1. The maximum Gasteiger partial charge on any atom is 0.338 e. The molecule has 0 heterocycles. The molecule has 0 fully saturated rings. The number of amides is 1. The van der Waals surface area contributed by atoms with E-state index in [9.17, 15) is 14.0 Å². The van der Waals surface area contributed by atoms with Gasteiger partial charge in [-0.25, -0.2) is 9.18 Å². The van der Waals surface area contributed by atoms with Gasteiger partial charge < -0.3 is 26.2 Å². The number of methoxy groups -OCH3 is 1. The van der Waals surface area contributed by atoms with Crippen molar-refractivity contribution in [1.82, 2.24) is 5.32 Å². The monoisotopic (exact) mass is 299 g/mol. The third kappa shape index (κ3) is 4.60. The summed E-state index contributed by atoms with van der Waals surface area (Å²) in [5, 5.41) is 14.1. The summed E-state index contributed by atoms with van der Waals surface area (Å²) >= 11 is 0. The van der Waals surface area contributed by atoms with E-state index >= 15 is 0 Å². The number of nitrogen functional groups attached to an aromatic ring is 1. The fourth-order valence-corrected chi connectivity index (χ4v) is 1.61. The molecule has 0 aliphatic rings. The van der Waals surface area contributed by atoms with Crippen LogP contribution in [0.4, 0.5) is 15.8 Å². The van der Waals surface area contributed by atoms with Crippen molar-refractivity contribution < 1.29 is 23.8 Å². The predicted octanol–water partition coefficient (Wildman–Crippen LogP) is 0.669. The quantitative estimate of drug-likeness (QED) is 0.435. The van der Waals surface area contributed by atoms with Gasteiger partial charge in [-0.05, 0) is 19.1 Å². The van der Waals surface area contributed by atoms with Gasteiger partial charge in [-0.1, -0.05) is 0 Å². The molecular weight excluding hydrogens is 281 g/mol. The number of nitrogens with two attached hydrogens (primary N) is 1. The van der Waals surface area contributed by atoms with Crippen LogP contribution in [0.3, 0.4) is 0 Å². The minimum atomic E-state index is -1.41. The third-order valence-corrected chi connectivity index (χ3v) is 2.74. The molecule has 0 spiro atoms. The number of hydrogen-bond acceptors (Lipinski definition) is 5. The largest absolute Gasteiger partial charge is 0.478 e. The lowest BCUT2D eigenvalue weighted by Crippen LogP contribution is -2.39. The SMILES string of the molecule is COCCNC(=O)C(C)Nc1cc(F)c(C(=O)O)cc1N. The van der Waals surface area contributed by atoms with Crippen LogP contribution < -0.4 is 16.4 Å². The minimum Gasteiger partial charge on any atom is -0.478 e. The maximum absolute atomic E-state index is 13.6. The van der Waals surface area contributed by atoms with Crippen LogP contribution in [0.15, 0.2) is 12.1 Å². The number of anilines is 2. The second kappa shape index (κ2) is 7.44. The van der Waals surface area contributed by atoms with Crippen LogP contribution in [-0.4, -0.2) is 43.3 Å². The first kappa shape index (κ1) is 16.7. The van der Waals surface area contributed by atoms with E-state index in [4.69, 9.17) is 15.6 Å². The fraction of sp³-hybridized carbons (Fsp3) is 0.385. The molecule has 0 saturated carbocycles. The van der Waals surface area contributed by atoms with E-state index in [1.54, 1.807) is 6.92 Å². The Morgan fingerprint density at radius 2 is 2.14 bits per heavy atom. The van der Waals surface area contributed by atoms with E-state index in [1.807, 2.05) is 0 Å². The molecule has 0 radical (unpaired) electrons. The standard InChI is InChI=1S/C13H18FN3O4/c1-7(12(18)16-3-4-21-2)17-11-6-9(14)8(13(19)20)5-10(11)15/h5-7,17H,3-4,15H2,1-2H3,(H,16,18)(H,19,20). The molecule has 1 aromatic rings. The molecular formula is C13H18FN3O4. The lowest BCUT2D eigenvalue weighted by Gasteiger charge is -2.17. The van der Waals surface area contributed by atoms with Crippen LogP contribution >= 0.6 is 0 Å². The van der Waals surface area contributed by atoms with E-state index in [0.717, 1.165) is 12.1 Å². The second-order valence-electron chi connectivity index (χ2n) is 4.37. The van der Waals surface area contributed by atoms with Gasteiger partial charge in [0.05, 0.1) is 23.5 Å². The molecule has 5 N–H and O–H groups in total. The number of rotatable bonds is 7. The molecule has 116 valence electrons. The minimum absolute atomic E-state index is 0.0466. The summed E-state index contributed by atoms with van der Waals surface area (Å²) in [6.45, 7) is 2.30. The number of nitrogens with one attached hydrogen (secondary N) is 2. The van der Waals surface area contributed by atoms with Gasteiger partial charge in [0.1, 0.15) is 11.9 Å². The number of carboxylic acid groups (broad SMARTS) is 1. The summed E-state index contributed by atoms with van der Waals surface area (Å²) < 4.78 is 18.4. The van der Waals surface area contributed by atoms with Crippen LogP contribution in [0.25, 0.3) is 0 Å². The molecule has 21 heavy (non-hydrogen) atoms. The zero-order valence-electron chi connectivity index (χ0n) is 11.8. The zero-order valence-corrected chi connectivity index (χ0v) is 11.8. The van der Waals surface area contributed by atoms with Crippen molar-refractivity contribution in [1.29, 1.82) is 0 Å². The molecule has 8 heteroatoms. The molecule has 1 rings (SSSR count). The molecule has 0 aliphatic heterocycles. The Kier molecular flexibility index (Phi) is 5.92. The summed E-state index contributed by atoms with van der Waals surface area (Å²) in [7, 11) is 1.52. The first-order chi connectivity index (χ1) is 9.86. The zero-order chi connectivity index (χ0) is 16.0. The number of benzene rings is 1. The van der Waals surface area contributed by atoms with Gasteiger partial charge in [0.15, 0.2) is 0 Å². The topological polar surface area (TPSA) is 114 Å². The Labute approximate surface area is 121 Å². The van der Waals surface area contributed by atoms with E-state index in [0.29, 0.717) is 13.2 Å². The predicted molar refractivity (Wildman–Crippen MR) is 75.7 cm³/mol. The normalized spacial score (nSPS) is 11.8. The van der Waals surface area contributed by atoms with E-state index in [-0.39, 0.29) is 17.3 Å². The van der Waals surface area contributed by atoms with Crippen molar-refractivity contribution in [3.63, 3.8) is 0 Å². The van der Waals surface area contributed by atoms with Crippen LogP contribution in [0.1, 0.15) is 17.3 Å². The highest BCUT2D eigenvalue weighted by Crippen LogP contribution is 2.23. The van der Waals surface area contributed by atoms with Gasteiger partial charge in [0.2, 0.25) is 5.91 Å². The lowest BCUT2D eigenvalue weighted by atomic mass is 10.1. The molecule has 0 bridgehead atoms. The number of carboxylic acids is 1. The van der Waals surface area contributed by atoms with Crippen LogP contribution in [-0.2, 0) is 9.53 Å². The number of hydrogen-bond donors (Lipinski definition) is 4. The van der Waals surface area contributed by atoms with Gasteiger partial charge in [-0.15, -0.1) is 0 Å². The average Bonchev–Trinajstić information content (AvgIpc) is 2.42. The fourth-order valence-electron chi connectivity index (χ4n) is 1.61.